The fourth-order valence-electron chi connectivity index (χ4n) is 0.987. The van der Waals surface area contributed by atoms with Crippen molar-refractivity contribution in [3.63, 3.8) is 0 Å². The number of nitrogens with two attached hydrogens (primary N) is 1. The van der Waals surface area contributed by atoms with Gasteiger partial charge in [0.05, 0.1) is 6.54 Å². The molecule has 0 atom stereocenters. The van der Waals surface area contributed by atoms with E-state index in [1.165, 1.54) is 18.8 Å². The Labute approximate surface area is 81.3 Å². The fraction of sp³-hybridized carbons (Fsp3) is 0.500. The molecule has 0 unspecified atom stereocenters. The van der Waals surface area contributed by atoms with Gasteiger partial charge in [-0.15, -0.1) is 0 Å². The van der Waals surface area contributed by atoms with Crippen molar-refractivity contribution in [3.05, 3.63) is 22.7 Å². The highest BCUT2D eigenvalue weighted by molar-refractivity contribution is 5.23. The third-order valence-corrected chi connectivity index (χ3v) is 1.77. The quantitative estimate of drug-likeness (QED) is 0.658. The molecule has 0 aliphatic rings. The highest BCUT2D eigenvalue weighted by Crippen LogP contribution is 1.96. The van der Waals surface area contributed by atoms with E-state index in [2.05, 4.69) is 4.98 Å². The lowest BCUT2D eigenvalue weighted by Gasteiger charge is -2.14. The largest absolute Gasteiger partial charge is 0.383 e. The summed E-state index contributed by atoms with van der Waals surface area (Å²) < 4.78 is 11.3. The number of hydrogen-bond donors (Lipinski definition) is 1. The molecular formula is C8H13N3O3. The van der Waals surface area contributed by atoms with Crippen LogP contribution in [0.25, 0.3) is 0 Å². The van der Waals surface area contributed by atoms with E-state index in [1.807, 2.05) is 0 Å². The Kier molecular flexibility index (Phi) is 3.61. The van der Waals surface area contributed by atoms with Gasteiger partial charge in [-0.25, -0.2) is 4.79 Å². The van der Waals surface area contributed by atoms with Crippen LogP contribution in [-0.4, -0.2) is 30.1 Å². The van der Waals surface area contributed by atoms with Gasteiger partial charge < -0.3 is 15.2 Å². The van der Waals surface area contributed by atoms with Gasteiger partial charge in [-0.3, -0.25) is 4.57 Å². The number of ether oxygens (including phenoxy) is 2. The molecule has 1 aromatic rings. The van der Waals surface area contributed by atoms with Gasteiger partial charge in [-0.2, -0.15) is 4.98 Å². The van der Waals surface area contributed by atoms with Crippen LogP contribution in [0.3, 0.4) is 0 Å². The Bertz CT molecular complexity index is 346. The number of methoxy groups -OCH3 is 2. The molecule has 0 aliphatic carbocycles. The molecule has 0 amide bonds. The molecule has 78 valence electrons. The fourth-order valence-corrected chi connectivity index (χ4v) is 0.987. The molecule has 0 saturated carbocycles. The zero-order chi connectivity index (χ0) is 10.6. The summed E-state index contributed by atoms with van der Waals surface area (Å²) in [6.45, 7) is 0.291. The van der Waals surface area contributed by atoms with Gasteiger partial charge in [0, 0.05) is 20.4 Å². The van der Waals surface area contributed by atoms with Crippen LogP contribution < -0.4 is 11.4 Å². The molecule has 2 N–H and O–H groups in total. The van der Waals surface area contributed by atoms with Crippen LogP contribution in [0.15, 0.2) is 17.1 Å². The Hall–Kier alpha value is -1.40. The summed E-state index contributed by atoms with van der Waals surface area (Å²) in [5.41, 5.74) is 4.92. The predicted octanol–water partition coefficient (Wildman–Crippen LogP) is -0.556. The molecule has 6 heteroatoms. The number of rotatable bonds is 4. The molecule has 0 aromatic carbocycles. The highest BCUT2D eigenvalue weighted by atomic mass is 16.7. The maximum absolute atomic E-state index is 11.3. The summed E-state index contributed by atoms with van der Waals surface area (Å²) in [7, 11) is 3.01. The molecule has 14 heavy (non-hydrogen) atoms. The smallest absolute Gasteiger partial charge is 0.349 e. The number of anilines is 1. The van der Waals surface area contributed by atoms with Gasteiger partial charge in [0.2, 0.25) is 0 Å². The van der Waals surface area contributed by atoms with E-state index in [0.717, 1.165) is 0 Å². The average Bonchev–Trinajstić information content (AvgIpc) is 2.17. The zero-order valence-corrected chi connectivity index (χ0v) is 8.14. The van der Waals surface area contributed by atoms with E-state index in [4.69, 9.17) is 15.2 Å². The van der Waals surface area contributed by atoms with E-state index >= 15 is 0 Å². The van der Waals surface area contributed by atoms with Crippen molar-refractivity contribution in [1.29, 1.82) is 0 Å². The van der Waals surface area contributed by atoms with E-state index in [0.29, 0.717) is 6.54 Å². The lowest BCUT2D eigenvalue weighted by molar-refractivity contribution is -0.111. The molecule has 1 aromatic heterocycles. The van der Waals surface area contributed by atoms with Crippen molar-refractivity contribution < 1.29 is 9.47 Å². The minimum Gasteiger partial charge on any atom is -0.383 e. The molecule has 0 bridgehead atoms. The minimum absolute atomic E-state index is 0.206. The summed E-state index contributed by atoms with van der Waals surface area (Å²) >= 11 is 0. The van der Waals surface area contributed by atoms with Crippen molar-refractivity contribution in [3.8, 4) is 0 Å². The molecule has 1 heterocycles. The molecule has 1 rings (SSSR count). The Morgan fingerprint density at radius 1 is 1.57 bits per heavy atom. The van der Waals surface area contributed by atoms with Crippen LogP contribution >= 0.6 is 0 Å². The first-order chi connectivity index (χ1) is 6.67. The first kappa shape index (κ1) is 10.7. The molecule has 0 saturated heterocycles. The molecular weight excluding hydrogens is 186 g/mol. The van der Waals surface area contributed by atoms with Crippen LogP contribution in [0.2, 0.25) is 0 Å². The van der Waals surface area contributed by atoms with Gasteiger partial charge in [-0.05, 0) is 6.07 Å². The van der Waals surface area contributed by atoms with Gasteiger partial charge in [-0.1, -0.05) is 0 Å². The van der Waals surface area contributed by atoms with E-state index < -0.39 is 12.0 Å². The summed E-state index contributed by atoms with van der Waals surface area (Å²) in [4.78, 5) is 14.8. The Morgan fingerprint density at radius 3 is 2.71 bits per heavy atom. The second-order valence-corrected chi connectivity index (χ2v) is 2.69. The number of nitrogen functional groups attached to an aromatic ring is 1. The predicted molar refractivity (Wildman–Crippen MR) is 50.7 cm³/mol. The minimum atomic E-state index is -0.460. The molecule has 0 fully saturated rings. The van der Waals surface area contributed by atoms with Gasteiger partial charge in [0.25, 0.3) is 0 Å². The van der Waals surface area contributed by atoms with Crippen molar-refractivity contribution >= 4 is 5.82 Å². The van der Waals surface area contributed by atoms with E-state index in [9.17, 15) is 4.79 Å². The monoisotopic (exact) mass is 199 g/mol. The lowest BCUT2D eigenvalue weighted by Crippen LogP contribution is -2.30. The van der Waals surface area contributed by atoms with Gasteiger partial charge in [0.1, 0.15) is 5.82 Å². The van der Waals surface area contributed by atoms with Crippen LogP contribution in [0.4, 0.5) is 5.82 Å². The summed E-state index contributed by atoms with van der Waals surface area (Å²) in [6.07, 6.45) is 1.09. The number of hydrogen-bond acceptors (Lipinski definition) is 5. The topological polar surface area (TPSA) is 79.4 Å². The Balaban J connectivity index is 2.81. The van der Waals surface area contributed by atoms with E-state index in [1.54, 1.807) is 12.3 Å². The lowest BCUT2D eigenvalue weighted by atomic mass is 10.5. The number of nitrogens with zero attached hydrogens (tertiary/aromatic N) is 2. The summed E-state index contributed by atoms with van der Waals surface area (Å²) in [5, 5.41) is 0. The van der Waals surface area contributed by atoms with Crippen molar-refractivity contribution in [1.82, 2.24) is 9.55 Å². The molecule has 0 aliphatic heterocycles. The second-order valence-electron chi connectivity index (χ2n) is 2.69. The van der Waals surface area contributed by atoms with Crippen molar-refractivity contribution in [2.24, 2.45) is 0 Å². The van der Waals surface area contributed by atoms with Crippen molar-refractivity contribution in [2.45, 2.75) is 12.8 Å². The average molecular weight is 199 g/mol. The molecule has 0 radical (unpaired) electrons. The molecule has 6 nitrogen and oxygen atoms in total. The SMILES string of the molecule is COC(Cn1ccc(N)nc1=O)OC. The van der Waals surface area contributed by atoms with Crippen LogP contribution in [0, 0.1) is 0 Å². The third kappa shape index (κ3) is 2.54. The zero-order valence-electron chi connectivity index (χ0n) is 8.14. The van der Waals surface area contributed by atoms with Gasteiger partial charge in [0.15, 0.2) is 6.29 Å². The van der Waals surface area contributed by atoms with Crippen LogP contribution in [0.1, 0.15) is 0 Å². The first-order valence-electron chi connectivity index (χ1n) is 4.06. The standard InChI is InChI=1S/C8H13N3O3/c1-13-7(14-2)5-11-4-3-6(9)10-8(11)12/h3-4,7H,5H2,1-2H3,(H2,9,10,12). The van der Waals surface area contributed by atoms with Crippen molar-refractivity contribution in [2.75, 3.05) is 20.0 Å². The summed E-state index contributed by atoms with van der Waals surface area (Å²) in [5.74, 6) is 0.206. The number of aromatic nitrogens is 2. The van der Waals surface area contributed by atoms with Crippen LogP contribution in [0.5, 0.6) is 0 Å². The molecule has 0 spiro atoms. The highest BCUT2D eigenvalue weighted by Gasteiger charge is 2.07. The van der Waals surface area contributed by atoms with E-state index in [-0.39, 0.29) is 5.82 Å². The van der Waals surface area contributed by atoms with Crippen LogP contribution in [-0.2, 0) is 16.0 Å². The third-order valence-electron chi connectivity index (χ3n) is 1.77. The Morgan fingerprint density at radius 2 is 2.21 bits per heavy atom. The summed E-state index contributed by atoms with van der Waals surface area (Å²) in [6, 6.07) is 1.55. The maximum Gasteiger partial charge on any atom is 0.349 e. The maximum atomic E-state index is 11.3. The normalized spacial score (nSPS) is 10.8. The second kappa shape index (κ2) is 4.73. The van der Waals surface area contributed by atoms with Gasteiger partial charge >= 0.3 is 5.69 Å². The first-order valence-corrected chi connectivity index (χ1v) is 4.06.